The highest BCUT2D eigenvalue weighted by Gasteiger charge is 2.32. The summed E-state index contributed by atoms with van der Waals surface area (Å²) in [4.78, 5) is 8.06. The minimum atomic E-state index is -4.13. The van der Waals surface area contributed by atoms with Crippen molar-refractivity contribution in [3.63, 3.8) is 0 Å². The van der Waals surface area contributed by atoms with Crippen LogP contribution in [0.4, 0.5) is 19.1 Å². The Kier molecular flexibility index (Phi) is 5.42. The van der Waals surface area contributed by atoms with Crippen LogP contribution < -0.4 is 5.32 Å². The van der Waals surface area contributed by atoms with Crippen molar-refractivity contribution in [2.24, 2.45) is 0 Å². The van der Waals surface area contributed by atoms with E-state index in [9.17, 15) is 13.2 Å². The number of benzene rings is 1. The number of hydrogen-bond donors (Lipinski definition) is 1. The van der Waals surface area contributed by atoms with E-state index in [1.165, 1.54) is 4.90 Å². The molecule has 0 aliphatic carbocycles. The lowest BCUT2D eigenvalue weighted by atomic mass is 10.1. The lowest BCUT2D eigenvalue weighted by molar-refractivity contribution is -0.149. The van der Waals surface area contributed by atoms with Crippen LogP contribution in [0.25, 0.3) is 16.9 Å². The van der Waals surface area contributed by atoms with Gasteiger partial charge >= 0.3 is 6.18 Å². The van der Waals surface area contributed by atoms with Crippen LogP contribution in [-0.2, 0) is 6.54 Å². The number of pyridine rings is 1. The van der Waals surface area contributed by atoms with Crippen molar-refractivity contribution in [1.82, 2.24) is 24.4 Å². The number of alkyl halides is 3. The van der Waals surface area contributed by atoms with Crippen molar-refractivity contribution < 1.29 is 13.2 Å². The van der Waals surface area contributed by atoms with Crippen molar-refractivity contribution in [2.45, 2.75) is 12.7 Å². The normalized spacial score (nSPS) is 16.4. The van der Waals surface area contributed by atoms with Gasteiger partial charge in [0.25, 0.3) is 0 Å². The van der Waals surface area contributed by atoms with Gasteiger partial charge in [-0.3, -0.25) is 9.80 Å². The minimum absolute atomic E-state index is 0.444. The average Bonchev–Trinajstić information content (AvgIpc) is 3.12. The third-order valence-corrected chi connectivity index (χ3v) is 5.11. The zero-order valence-corrected chi connectivity index (χ0v) is 16.2. The fourth-order valence-electron chi connectivity index (χ4n) is 3.63. The van der Waals surface area contributed by atoms with Gasteiger partial charge in [-0.25, -0.2) is 4.52 Å². The summed E-state index contributed by atoms with van der Waals surface area (Å²) >= 11 is 0. The Hall–Kier alpha value is -2.65. The molecule has 6 nitrogen and oxygen atoms in total. The van der Waals surface area contributed by atoms with Gasteiger partial charge in [0.15, 0.2) is 5.65 Å². The van der Waals surface area contributed by atoms with Crippen molar-refractivity contribution in [3.8, 4) is 11.3 Å². The zero-order valence-electron chi connectivity index (χ0n) is 16.2. The molecule has 0 atom stereocenters. The third-order valence-electron chi connectivity index (χ3n) is 5.11. The second-order valence-corrected chi connectivity index (χ2v) is 7.23. The first-order chi connectivity index (χ1) is 13.9. The first-order valence-electron chi connectivity index (χ1n) is 9.55. The molecule has 1 saturated heterocycles. The predicted octanol–water partition coefficient (Wildman–Crippen LogP) is 3.12. The second kappa shape index (κ2) is 8.00. The molecule has 0 unspecified atom stereocenters. The summed E-state index contributed by atoms with van der Waals surface area (Å²) in [6.07, 6.45) is -4.13. The molecule has 0 bridgehead atoms. The van der Waals surface area contributed by atoms with E-state index in [4.69, 9.17) is 0 Å². The van der Waals surface area contributed by atoms with E-state index in [0.717, 1.165) is 29.0 Å². The highest BCUT2D eigenvalue weighted by molar-refractivity contribution is 5.64. The second-order valence-electron chi connectivity index (χ2n) is 7.23. The van der Waals surface area contributed by atoms with E-state index >= 15 is 0 Å². The monoisotopic (exact) mass is 404 g/mol. The van der Waals surface area contributed by atoms with Crippen LogP contribution in [0.3, 0.4) is 0 Å². The Morgan fingerprint density at radius 2 is 1.66 bits per heavy atom. The fraction of sp³-hybridized carbons (Fsp3) is 0.400. The Labute approximate surface area is 166 Å². The van der Waals surface area contributed by atoms with Crippen LogP contribution in [0.15, 0.2) is 42.5 Å². The lowest BCUT2D eigenvalue weighted by Crippen LogP contribution is -2.48. The fourth-order valence-corrected chi connectivity index (χ4v) is 3.63. The van der Waals surface area contributed by atoms with Crippen LogP contribution in [0, 0.1) is 0 Å². The van der Waals surface area contributed by atoms with Crippen LogP contribution in [0.5, 0.6) is 0 Å². The Balaban J connectivity index is 1.41. The summed E-state index contributed by atoms with van der Waals surface area (Å²) in [6, 6.07) is 14.1. The molecular formula is C20H23F3N6. The number of aromatic nitrogens is 3. The molecule has 1 aliphatic heterocycles. The lowest BCUT2D eigenvalue weighted by Gasteiger charge is -2.35. The van der Waals surface area contributed by atoms with E-state index in [1.54, 1.807) is 11.6 Å². The Bertz CT molecular complexity index is 959. The number of hydrogen-bond acceptors (Lipinski definition) is 5. The van der Waals surface area contributed by atoms with Crippen LogP contribution >= 0.6 is 0 Å². The highest BCUT2D eigenvalue weighted by Crippen LogP contribution is 2.22. The van der Waals surface area contributed by atoms with Gasteiger partial charge in [0.2, 0.25) is 5.95 Å². The average molecular weight is 404 g/mol. The zero-order chi connectivity index (χ0) is 20.4. The van der Waals surface area contributed by atoms with Crippen LogP contribution in [-0.4, -0.2) is 70.3 Å². The standard InChI is InChI=1S/C20H23F3N6/c1-24-19-25-18-4-2-3-17(29(18)26-19)16-7-5-15(6-8-16)13-27-9-11-28(12-10-27)14-20(21,22)23/h2-8H,9-14H2,1H3,(H,24,26). The number of anilines is 1. The SMILES string of the molecule is CNc1nc2cccc(-c3ccc(CN4CCN(CC(F)(F)F)CC4)cc3)n2n1. The maximum absolute atomic E-state index is 12.5. The smallest absolute Gasteiger partial charge is 0.356 e. The van der Waals surface area contributed by atoms with Gasteiger partial charge < -0.3 is 5.32 Å². The van der Waals surface area contributed by atoms with Gasteiger partial charge in [-0.1, -0.05) is 30.3 Å². The molecule has 2 aromatic heterocycles. The Morgan fingerprint density at radius 1 is 0.966 bits per heavy atom. The molecule has 1 N–H and O–H groups in total. The van der Waals surface area contributed by atoms with Gasteiger partial charge in [0.1, 0.15) is 0 Å². The summed E-state index contributed by atoms with van der Waals surface area (Å²) in [5, 5.41) is 7.41. The predicted molar refractivity (Wildman–Crippen MR) is 106 cm³/mol. The number of piperazine rings is 1. The van der Waals surface area contributed by atoms with Crippen molar-refractivity contribution in [3.05, 3.63) is 48.0 Å². The van der Waals surface area contributed by atoms with E-state index in [1.807, 2.05) is 30.3 Å². The maximum Gasteiger partial charge on any atom is 0.401 e. The molecule has 0 radical (unpaired) electrons. The number of nitrogens with zero attached hydrogens (tertiary/aromatic N) is 5. The molecule has 0 amide bonds. The summed E-state index contributed by atoms with van der Waals surface area (Å²) in [6.45, 7) is 2.08. The van der Waals surface area contributed by atoms with Crippen molar-refractivity contribution >= 4 is 11.6 Å². The molecule has 154 valence electrons. The molecule has 29 heavy (non-hydrogen) atoms. The van der Waals surface area contributed by atoms with Crippen LogP contribution in [0.1, 0.15) is 5.56 Å². The number of rotatable bonds is 5. The van der Waals surface area contributed by atoms with Gasteiger partial charge in [0.05, 0.1) is 12.2 Å². The molecule has 1 aliphatic rings. The van der Waals surface area contributed by atoms with Crippen molar-refractivity contribution in [2.75, 3.05) is 45.1 Å². The van der Waals surface area contributed by atoms with E-state index in [-0.39, 0.29) is 0 Å². The first kappa shape index (κ1) is 19.7. The topological polar surface area (TPSA) is 48.7 Å². The number of fused-ring (bicyclic) bond motifs is 1. The molecule has 1 aromatic carbocycles. The molecular weight excluding hydrogens is 381 g/mol. The van der Waals surface area contributed by atoms with Gasteiger partial charge in [-0.05, 0) is 17.7 Å². The van der Waals surface area contributed by atoms with Gasteiger partial charge in [-0.2, -0.15) is 18.2 Å². The highest BCUT2D eigenvalue weighted by atomic mass is 19.4. The largest absolute Gasteiger partial charge is 0.401 e. The summed E-state index contributed by atoms with van der Waals surface area (Å²) in [7, 11) is 1.78. The maximum atomic E-state index is 12.5. The van der Waals surface area contributed by atoms with Gasteiger partial charge in [-0.15, -0.1) is 5.10 Å². The first-order valence-corrected chi connectivity index (χ1v) is 9.55. The molecule has 3 aromatic rings. The molecule has 3 heterocycles. The van der Waals surface area contributed by atoms with Crippen LogP contribution in [0.2, 0.25) is 0 Å². The summed E-state index contributed by atoms with van der Waals surface area (Å²) in [5.74, 6) is 0.568. The molecule has 9 heteroatoms. The summed E-state index contributed by atoms with van der Waals surface area (Å²) in [5.41, 5.74) is 3.89. The quantitative estimate of drug-likeness (QED) is 0.708. The third kappa shape index (κ3) is 4.68. The summed E-state index contributed by atoms with van der Waals surface area (Å²) < 4.78 is 39.3. The molecule has 0 spiro atoms. The van der Waals surface area contributed by atoms with E-state index in [0.29, 0.717) is 32.1 Å². The molecule has 1 fully saturated rings. The number of halogens is 3. The van der Waals surface area contributed by atoms with E-state index in [2.05, 4.69) is 32.4 Å². The Morgan fingerprint density at radius 3 is 2.31 bits per heavy atom. The molecule has 0 saturated carbocycles. The minimum Gasteiger partial charge on any atom is -0.356 e. The van der Waals surface area contributed by atoms with Crippen molar-refractivity contribution in [1.29, 1.82) is 0 Å². The van der Waals surface area contributed by atoms with Gasteiger partial charge in [0, 0.05) is 45.3 Å². The molecule has 4 rings (SSSR count). The number of nitrogens with one attached hydrogen (secondary N) is 1. The van der Waals surface area contributed by atoms with E-state index < -0.39 is 12.7 Å².